The molecule has 32 heavy (non-hydrogen) atoms. The van der Waals surface area contributed by atoms with Crippen molar-refractivity contribution in [3.05, 3.63) is 64.0 Å². The van der Waals surface area contributed by atoms with Crippen molar-refractivity contribution in [2.75, 3.05) is 18.9 Å². The van der Waals surface area contributed by atoms with Gasteiger partial charge in [0.15, 0.2) is 12.4 Å². The molecule has 0 fully saturated rings. The second-order valence-corrected chi connectivity index (χ2v) is 9.84. The van der Waals surface area contributed by atoms with Gasteiger partial charge in [-0.15, -0.1) is 11.8 Å². The van der Waals surface area contributed by atoms with Crippen LogP contribution in [-0.2, 0) is 19.6 Å². The number of rotatable bonds is 11. The Bertz CT molecular complexity index is 1100. The molecular formula is C20H21FN2O7S2. The first-order chi connectivity index (χ1) is 15.0. The van der Waals surface area contributed by atoms with E-state index < -0.39 is 45.7 Å². The van der Waals surface area contributed by atoms with E-state index >= 15 is 0 Å². The summed E-state index contributed by atoms with van der Waals surface area (Å²) < 4.78 is 44.5. The van der Waals surface area contributed by atoms with Crippen LogP contribution in [0, 0.1) is 21.8 Å². The van der Waals surface area contributed by atoms with Crippen molar-refractivity contribution in [2.24, 2.45) is 5.92 Å². The zero-order valence-corrected chi connectivity index (χ0v) is 18.9. The van der Waals surface area contributed by atoms with Gasteiger partial charge in [0.2, 0.25) is 10.0 Å². The van der Waals surface area contributed by atoms with Gasteiger partial charge in [-0.25, -0.2) is 12.8 Å². The SMILES string of the molecule is CC(C)CSc1ccc(S(=O)(=O)NCC(=O)OCC(=O)c2ccc(F)cc2)cc1[N+](=O)[O-]. The highest BCUT2D eigenvalue weighted by molar-refractivity contribution is 7.99. The molecule has 0 spiro atoms. The number of benzene rings is 2. The fraction of sp³-hybridized carbons (Fsp3) is 0.300. The van der Waals surface area contributed by atoms with Crippen LogP contribution < -0.4 is 4.72 Å². The maximum absolute atomic E-state index is 12.9. The summed E-state index contributed by atoms with van der Waals surface area (Å²) in [7, 11) is -4.25. The Kier molecular flexibility index (Phi) is 8.87. The predicted octanol–water partition coefficient (Wildman–Crippen LogP) is 3.19. The number of ketones is 1. The first-order valence-corrected chi connectivity index (χ1v) is 11.8. The molecule has 0 amide bonds. The molecule has 0 aliphatic carbocycles. The number of esters is 1. The molecule has 0 unspecified atom stereocenters. The van der Waals surface area contributed by atoms with Crippen LogP contribution in [0.3, 0.4) is 0 Å². The average molecular weight is 485 g/mol. The number of sulfonamides is 1. The van der Waals surface area contributed by atoms with Gasteiger partial charge in [-0.1, -0.05) is 13.8 Å². The summed E-state index contributed by atoms with van der Waals surface area (Å²) in [6.45, 7) is 2.47. The number of carbonyl (C=O) groups is 2. The number of hydrogen-bond donors (Lipinski definition) is 1. The molecule has 0 bridgehead atoms. The number of nitro benzene ring substituents is 1. The van der Waals surface area contributed by atoms with Gasteiger partial charge in [0, 0.05) is 17.4 Å². The minimum atomic E-state index is -4.25. The summed E-state index contributed by atoms with van der Waals surface area (Å²) in [5.74, 6) is -1.24. The maximum Gasteiger partial charge on any atom is 0.321 e. The van der Waals surface area contributed by atoms with E-state index in [1.165, 1.54) is 36.0 Å². The molecular weight excluding hydrogens is 463 g/mol. The topological polar surface area (TPSA) is 133 Å². The smallest absolute Gasteiger partial charge is 0.321 e. The fourth-order valence-corrected chi connectivity index (χ4v) is 4.29. The van der Waals surface area contributed by atoms with E-state index in [9.17, 15) is 32.5 Å². The second kappa shape index (κ2) is 11.2. The Morgan fingerprint density at radius 3 is 2.44 bits per heavy atom. The third-order valence-electron chi connectivity index (χ3n) is 3.95. The monoisotopic (exact) mass is 484 g/mol. The number of thioether (sulfide) groups is 1. The van der Waals surface area contributed by atoms with Crippen molar-refractivity contribution in [2.45, 2.75) is 23.6 Å². The number of ether oxygens (including phenoxy) is 1. The number of hydrogen-bond acceptors (Lipinski definition) is 8. The molecule has 0 radical (unpaired) electrons. The first kappa shape index (κ1) is 25.4. The van der Waals surface area contributed by atoms with Gasteiger partial charge in [0.25, 0.3) is 5.69 Å². The van der Waals surface area contributed by atoms with E-state index in [0.29, 0.717) is 10.6 Å². The molecule has 2 aromatic carbocycles. The Balaban J connectivity index is 1.99. The third kappa shape index (κ3) is 7.39. The highest BCUT2D eigenvalue weighted by Crippen LogP contribution is 2.32. The molecule has 2 rings (SSSR count). The van der Waals surface area contributed by atoms with Crippen molar-refractivity contribution in [1.82, 2.24) is 4.72 Å². The number of carbonyl (C=O) groups excluding carboxylic acids is 2. The molecule has 0 aliphatic heterocycles. The maximum atomic E-state index is 12.9. The minimum absolute atomic E-state index is 0.127. The van der Waals surface area contributed by atoms with Crippen LogP contribution in [0.25, 0.3) is 0 Å². The second-order valence-electron chi connectivity index (χ2n) is 7.01. The van der Waals surface area contributed by atoms with E-state index in [2.05, 4.69) is 0 Å². The van der Waals surface area contributed by atoms with E-state index in [1.807, 2.05) is 18.6 Å². The number of nitrogens with zero attached hydrogens (tertiary/aromatic N) is 1. The van der Waals surface area contributed by atoms with Crippen molar-refractivity contribution in [3.63, 3.8) is 0 Å². The Labute approximate surface area is 188 Å². The van der Waals surface area contributed by atoms with Gasteiger partial charge in [-0.05, 0) is 42.3 Å². The van der Waals surface area contributed by atoms with Crippen LogP contribution in [0.15, 0.2) is 52.3 Å². The average Bonchev–Trinajstić information content (AvgIpc) is 2.74. The van der Waals surface area contributed by atoms with Crippen LogP contribution >= 0.6 is 11.8 Å². The number of nitro groups is 1. The van der Waals surface area contributed by atoms with Crippen molar-refractivity contribution >= 4 is 39.2 Å². The van der Waals surface area contributed by atoms with E-state index in [-0.39, 0.29) is 22.1 Å². The fourth-order valence-electron chi connectivity index (χ4n) is 2.34. The number of Topliss-reactive ketones (excluding diaryl/α,β-unsaturated/α-hetero) is 1. The lowest BCUT2D eigenvalue weighted by Crippen LogP contribution is -2.31. The summed E-state index contributed by atoms with van der Waals surface area (Å²) in [5, 5.41) is 11.3. The molecule has 0 heterocycles. The summed E-state index contributed by atoms with van der Waals surface area (Å²) in [5.41, 5.74) is -0.228. The lowest BCUT2D eigenvalue weighted by molar-refractivity contribution is -0.388. The molecule has 0 aromatic heterocycles. The number of nitrogens with one attached hydrogen (secondary N) is 1. The molecule has 9 nitrogen and oxygen atoms in total. The zero-order valence-electron chi connectivity index (χ0n) is 17.2. The van der Waals surface area contributed by atoms with Crippen LogP contribution in [-0.4, -0.2) is 44.0 Å². The molecule has 12 heteroatoms. The highest BCUT2D eigenvalue weighted by atomic mass is 32.2. The van der Waals surface area contributed by atoms with Crippen molar-refractivity contribution in [1.29, 1.82) is 0 Å². The number of halogens is 1. The van der Waals surface area contributed by atoms with Gasteiger partial charge in [-0.2, -0.15) is 4.72 Å². The normalized spacial score (nSPS) is 11.4. The molecule has 0 atom stereocenters. The lowest BCUT2D eigenvalue weighted by Gasteiger charge is -2.09. The largest absolute Gasteiger partial charge is 0.456 e. The summed E-state index contributed by atoms with van der Waals surface area (Å²) in [4.78, 5) is 34.4. The van der Waals surface area contributed by atoms with E-state index in [1.54, 1.807) is 0 Å². The summed E-state index contributed by atoms with van der Waals surface area (Å²) in [6.07, 6.45) is 0. The molecule has 0 saturated heterocycles. The van der Waals surface area contributed by atoms with Gasteiger partial charge in [0.1, 0.15) is 12.4 Å². The Morgan fingerprint density at radius 1 is 1.19 bits per heavy atom. The molecule has 2 aromatic rings. The van der Waals surface area contributed by atoms with Crippen LogP contribution in [0.2, 0.25) is 0 Å². The van der Waals surface area contributed by atoms with Crippen LogP contribution in [0.1, 0.15) is 24.2 Å². The molecule has 0 saturated carbocycles. The van der Waals surface area contributed by atoms with Gasteiger partial charge >= 0.3 is 5.97 Å². The predicted molar refractivity (Wildman–Crippen MR) is 116 cm³/mol. The molecule has 172 valence electrons. The van der Waals surface area contributed by atoms with Crippen molar-refractivity contribution in [3.8, 4) is 0 Å². The van der Waals surface area contributed by atoms with Crippen LogP contribution in [0.5, 0.6) is 0 Å². The van der Waals surface area contributed by atoms with Gasteiger partial charge in [0.05, 0.1) is 14.7 Å². The molecule has 0 aliphatic rings. The third-order valence-corrected chi connectivity index (χ3v) is 6.84. The zero-order chi connectivity index (χ0) is 23.9. The summed E-state index contributed by atoms with van der Waals surface area (Å²) in [6, 6.07) is 8.09. The van der Waals surface area contributed by atoms with Crippen molar-refractivity contribution < 1.29 is 32.1 Å². The quantitative estimate of drug-likeness (QED) is 0.169. The molecule has 1 N–H and O–H groups in total. The van der Waals surface area contributed by atoms with E-state index in [4.69, 9.17) is 4.74 Å². The Morgan fingerprint density at radius 2 is 1.84 bits per heavy atom. The van der Waals surface area contributed by atoms with Crippen LogP contribution in [0.4, 0.5) is 10.1 Å². The summed E-state index contributed by atoms with van der Waals surface area (Å²) >= 11 is 1.25. The Hall–Kier alpha value is -2.83. The minimum Gasteiger partial charge on any atom is -0.456 e. The van der Waals surface area contributed by atoms with E-state index in [0.717, 1.165) is 18.2 Å². The lowest BCUT2D eigenvalue weighted by atomic mass is 10.1. The van der Waals surface area contributed by atoms with Gasteiger partial charge < -0.3 is 4.74 Å². The first-order valence-electron chi connectivity index (χ1n) is 9.35. The highest BCUT2D eigenvalue weighted by Gasteiger charge is 2.23. The van der Waals surface area contributed by atoms with Gasteiger partial charge in [-0.3, -0.25) is 19.7 Å². The standard InChI is InChI=1S/C20H21FN2O7S2/c1-13(2)12-31-19-8-7-16(9-17(19)23(26)27)32(28,29)22-10-20(25)30-11-18(24)14-3-5-15(21)6-4-14/h3-9,13,22H,10-12H2,1-2H3.